The van der Waals surface area contributed by atoms with Gasteiger partial charge < -0.3 is 14.9 Å². The third-order valence-electron chi connectivity index (χ3n) is 4.85. The van der Waals surface area contributed by atoms with Crippen LogP contribution in [-0.4, -0.2) is 69.4 Å². The molecular formula is C18H23N3O4. The van der Waals surface area contributed by atoms with Crippen molar-refractivity contribution in [3.05, 3.63) is 35.9 Å². The van der Waals surface area contributed by atoms with Crippen molar-refractivity contribution in [2.75, 3.05) is 19.6 Å². The number of benzene rings is 1. The number of carbonyl (C=O) groups excluding carboxylic acids is 2. The van der Waals surface area contributed by atoms with Gasteiger partial charge in [-0.3, -0.25) is 9.69 Å². The normalized spacial score (nSPS) is 23.6. The van der Waals surface area contributed by atoms with Gasteiger partial charge in [-0.15, -0.1) is 0 Å². The zero-order valence-corrected chi connectivity index (χ0v) is 14.5. The van der Waals surface area contributed by atoms with E-state index in [1.54, 1.807) is 21.9 Å². The number of urea groups is 1. The molecule has 7 heteroatoms. The van der Waals surface area contributed by atoms with Crippen molar-refractivity contribution in [1.82, 2.24) is 14.7 Å². The molecule has 3 rings (SSSR count). The van der Waals surface area contributed by atoms with Gasteiger partial charge in [-0.25, -0.2) is 9.59 Å². The van der Waals surface area contributed by atoms with Crippen molar-refractivity contribution in [3.8, 4) is 0 Å². The number of hydrogen-bond acceptors (Lipinski definition) is 3. The van der Waals surface area contributed by atoms with Gasteiger partial charge in [0.05, 0.1) is 6.04 Å². The van der Waals surface area contributed by atoms with Crippen molar-refractivity contribution in [2.24, 2.45) is 0 Å². The highest BCUT2D eigenvalue weighted by Gasteiger charge is 2.49. The Bertz CT molecular complexity index is 672. The molecule has 0 saturated carbocycles. The predicted octanol–water partition coefficient (Wildman–Crippen LogP) is 1.56. The highest BCUT2D eigenvalue weighted by Crippen LogP contribution is 2.34. The van der Waals surface area contributed by atoms with Crippen LogP contribution in [0, 0.1) is 0 Å². The lowest BCUT2D eigenvalue weighted by Gasteiger charge is -2.49. The summed E-state index contributed by atoms with van der Waals surface area (Å²) in [5, 5.41) is 9.90. The lowest BCUT2D eigenvalue weighted by molar-refractivity contribution is -0.157. The molecule has 1 aromatic rings. The summed E-state index contributed by atoms with van der Waals surface area (Å²) in [4.78, 5) is 42.0. The number of likely N-dealkylation sites (tertiary alicyclic amines) is 1. The van der Waals surface area contributed by atoms with Crippen LogP contribution in [0.4, 0.5) is 4.79 Å². The molecule has 0 radical (unpaired) electrons. The zero-order valence-electron chi connectivity index (χ0n) is 14.5. The average molecular weight is 345 g/mol. The lowest BCUT2D eigenvalue weighted by atomic mass is 9.92. The number of aliphatic carboxylic acids is 1. The summed E-state index contributed by atoms with van der Waals surface area (Å²) in [6.07, 6.45) is 0.908. The van der Waals surface area contributed by atoms with E-state index < -0.39 is 18.1 Å². The molecule has 25 heavy (non-hydrogen) atoms. The number of hydrogen-bond donors (Lipinski definition) is 1. The predicted molar refractivity (Wildman–Crippen MR) is 90.9 cm³/mol. The van der Waals surface area contributed by atoms with Gasteiger partial charge in [0.1, 0.15) is 6.54 Å². The molecular weight excluding hydrogens is 322 g/mol. The van der Waals surface area contributed by atoms with E-state index in [0.29, 0.717) is 13.1 Å². The molecule has 7 nitrogen and oxygen atoms in total. The summed E-state index contributed by atoms with van der Waals surface area (Å²) >= 11 is 0. The summed E-state index contributed by atoms with van der Waals surface area (Å²) in [6.45, 7) is 4.74. The molecule has 2 saturated heterocycles. The second-order valence-electron chi connectivity index (χ2n) is 6.78. The molecule has 0 spiro atoms. The first kappa shape index (κ1) is 17.3. The van der Waals surface area contributed by atoms with E-state index in [4.69, 9.17) is 0 Å². The molecule has 0 aliphatic carbocycles. The largest absolute Gasteiger partial charge is 0.480 e. The van der Waals surface area contributed by atoms with Gasteiger partial charge in [0.15, 0.2) is 6.04 Å². The third-order valence-corrected chi connectivity index (χ3v) is 4.85. The minimum atomic E-state index is -1.10. The molecule has 2 heterocycles. The maximum atomic E-state index is 12.8. The molecule has 3 amide bonds. The Balaban J connectivity index is 2.04. The van der Waals surface area contributed by atoms with Crippen LogP contribution in [0.5, 0.6) is 0 Å². The Hall–Kier alpha value is -2.57. The van der Waals surface area contributed by atoms with Crippen LogP contribution in [0.2, 0.25) is 0 Å². The number of carbonyl (C=O) groups is 3. The fourth-order valence-electron chi connectivity index (χ4n) is 3.55. The summed E-state index contributed by atoms with van der Waals surface area (Å²) in [5.41, 5.74) is 0.720. The minimum Gasteiger partial charge on any atom is -0.480 e. The fourth-order valence-corrected chi connectivity index (χ4v) is 3.55. The molecule has 2 atom stereocenters. The van der Waals surface area contributed by atoms with Crippen molar-refractivity contribution >= 4 is 17.9 Å². The van der Waals surface area contributed by atoms with Crippen molar-refractivity contribution in [2.45, 2.75) is 38.4 Å². The third kappa shape index (κ3) is 3.06. The van der Waals surface area contributed by atoms with Gasteiger partial charge in [-0.2, -0.15) is 0 Å². The fraction of sp³-hybridized carbons (Fsp3) is 0.500. The summed E-state index contributed by atoms with van der Waals surface area (Å²) in [6, 6.07) is 6.74. The minimum absolute atomic E-state index is 0.166. The van der Waals surface area contributed by atoms with E-state index in [9.17, 15) is 19.5 Å². The molecule has 0 bridgehead atoms. The van der Waals surface area contributed by atoms with Gasteiger partial charge in [0.2, 0.25) is 5.91 Å². The molecule has 134 valence electrons. The Morgan fingerprint density at radius 1 is 1.16 bits per heavy atom. The maximum absolute atomic E-state index is 12.8. The standard InChI is InChI=1S/C18H23N3O4/c1-12(2)21-14(22)11-20(18(25)19-9-6-10-19)16(17(23)24)15(21)13-7-4-3-5-8-13/h3-5,7-8,12,15-16H,6,9-11H2,1-2H3,(H,23,24)/t15-,16+/m1/s1. The van der Waals surface area contributed by atoms with Crippen LogP contribution in [0.25, 0.3) is 0 Å². The van der Waals surface area contributed by atoms with Crippen LogP contribution in [0.15, 0.2) is 30.3 Å². The summed E-state index contributed by atoms with van der Waals surface area (Å²) in [7, 11) is 0. The number of nitrogens with zero attached hydrogens (tertiary/aromatic N) is 3. The molecule has 2 aliphatic heterocycles. The van der Waals surface area contributed by atoms with E-state index in [2.05, 4.69) is 0 Å². The first-order valence-corrected chi connectivity index (χ1v) is 8.56. The Morgan fingerprint density at radius 3 is 2.28 bits per heavy atom. The summed E-state index contributed by atoms with van der Waals surface area (Å²) < 4.78 is 0. The monoisotopic (exact) mass is 345 g/mol. The number of rotatable bonds is 3. The van der Waals surface area contributed by atoms with E-state index in [0.717, 1.165) is 12.0 Å². The highest BCUT2D eigenvalue weighted by atomic mass is 16.4. The van der Waals surface area contributed by atoms with Crippen LogP contribution >= 0.6 is 0 Å². The van der Waals surface area contributed by atoms with Crippen molar-refractivity contribution in [1.29, 1.82) is 0 Å². The van der Waals surface area contributed by atoms with Crippen LogP contribution in [0.3, 0.4) is 0 Å². The zero-order chi connectivity index (χ0) is 18.1. The van der Waals surface area contributed by atoms with Gasteiger partial charge in [-0.1, -0.05) is 30.3 Å². The van der Waals surface area contributed by atoms with Gasteiger partial charge in [0, 0.05) is 19.1 Å². The highest BCUT2D eigenvalue weighted by molar-refractivity contribution is 5.92. The molecule has 0 aromatic heterocycles. The van der Waals surface area contributed by atoms with Crippen LogP contribution < -0.4 is 0 Å². The van der Waals surface area contributed by atoms with Gasteiger partial charge in [-0.05, 0) is 25.8 Å². The van der Waals surface area contributed by atoms with Crippen LogP contribution in [-0.2, 0) is 9.59 Å². The maximum Gasteiger partial charge on any atom is 0.329 e. The molecule has 2 aliphatic rings. The Morgan fingerprint density at radius 2 is 1.80 bits per heavy atom. The van der Waals surface area contributed by atoms with E-state index in [1.165, 1.54) is 4.90 Å². The van der Waals surface area contributed by atoms with E-state index in [-0.39, 0.29) is 24.5 Å². The van der Waals surface area contributed by atoms with Crippen molar-refractivity contribution < 1.29 is 19.5 Å². The Kier molecular flexibility index (Phi) is 4.65. The quantitative estimate of drug-likeness (QED) is 0.901. The second-order valence-corrected chi connectivity index (χ2v) is 6.78. The van der Waals surface area contributed by atoms with Gasteiger partial charge >= 0.3 is 12.0 Å². The Labute approximate surface area is 146 Å². The smallest absolute Gasteiger partial charge is 0.329 e. The number of carboxylic acids is 1. The first-order chi connectivity index (χ1) is 11.9. The summed E-state index contributed by atoms with van der Waals surface area (Å²) in [5.74, 6) is -1.32. The topological polar surface area (TPSA) is 81.2 Å². The van der Waals surface area contributed by atoms with E-state index in [1.807, 2.05) is 32.0 Å². The average Bonchev–Trinajstić information content (AvgIpc) is 2.52. The molecule has 1 aromatic carbocycles. The van der Waals surface area contributed by atoms with Gasteiger partial charge in [0.25, 0.3) is 0 Å². The lowest BCUT2D eigenvalue weighted by Crippen LogP contribution is -2.66. The number of carboxylic acid groups (broad SMARTS) is 1. The van der Waals surface area contributed by atoms with E-state index >= 15 is 0 Å². The van der Waals surface area contributed by atoms with Crippen LogP contribution in [0.1, 0.15) is 31.9 Å². The first-order valence-electron chi connectivity index (χ1n) is 8.56. The molecule has 1 N–H and O–H groups in total. The van der Waals surface area contributed by atoms with Crippen molar-refractivity contribution in [3.63, 3.8) is 0 Å². The number of amides is 3. The number of piperazine rings is 1. The molecule has 0 unspecified atom stereocenters. The second kappa shape index (κ2) is 6.74. The molecule has 2 fully saturated rings. The SMILES string of the molecule is CC(C)N1C(=O)CN(C(=O)N2CCC2)[C@H](C(=O)O)[C@H]1c1ccccc1.